The topological polar surface area (TPSA) is 72.2 Å². The summed E-state index contributed by atoms with van der Waals surface area (Å²) in [6.07, 6.45) is 0. The lowest BCUT2D eigenvalue weighted by Crippen LogP contribution is -2.36. The van der Waals surface area contributed by atoms with Crippen LogP contribution in [0.3, 0.4) is 0 Å². The number of thiophene rings is 1. The molecule has 0 saturated carbocycles. The van der Waals surface area contributed by atoms with Crippen LogP contribution in [0.5, 0.6) is 0 Å². The molecule has 0 atom stereocenters. The van der Waals surface area contributed by atoms with E-state index in [0.717, 1.165) is 10.0 Å². The molecule has 4 nitrogen and oxygen atoms in total. The normalized spacial score (nSPS) is 11.0. The van der Waals surface area contributed by atoms with Gasteiger partial charge in [0.2, 0.25) is 0 Å². The van der Waals surface area contributed by atoms with Gasteiger partial charge in [-0.05, 0) is 35.3 Å². The van der Waals surface area contributed by atoms with Gasteiger partial charge < -0.3 is 11.1 Å². The van der Waals surface area contributed by atoms with E-state index < -0.39 is 10.9 Å². The summed E-state index contributed by atoms with van der Waals surface area (Å²) in [5.74, 6) is 0. The van der Waals surface area contributed by atoms with Gasteiger partial charge in [-0.1, -0.05) is 0 Å². The predicted molar refractivity (Wildman–Crippen MR) is 74.6 cm³/mol. The van der Waals surface area contributed by atoms with Crippen LogP contribution >= 0.6 is 27.3 Å². The number of nitrogen functional groups attached to an aromatic ring is 1. The van der Waals surface area contributed by atoms with E-state index in [9.17, 15) is 9.59 Å². The van der Waals surface area contributed by atoms with Crippen molar-refractivity contribution in [1.29, 1.82) is 0 Å². The highest BCUT2D eigenvalue weighted by molar-refractivity contribution is 9.10. The minimum atomic E-state index is -0.593. The van der Waals surface area contributed by atoms with Crippen LogP contribution in [0.4, 0.5) is 11.4 Å². The third-order valence-corrected chi connectivity index (χ3v) is 5.09. The average molecular weight is 315 g/mol. The fourth-order valence-electron chi connectivity index (χ4n) is 1.67. The van der Waals surface area contributed by atoms with Crippen molar-refractivity contribution in [3.05, 3.63) is 40.2 Å². The Balaban J connectivity index is 2.19. The van der Waals surface area contributed by atoms with Gasteiger partial charge in [0.1, 0.15) is 11.4 Å². The first-order valence-electron chi connectivity index (χ1n) is 5.00. The maximum absolute atomic E-state index is 11.2. The lowest BCUT2D eigenvalue weighted by Gasteiger charge is -2.10. The third-order valence-electron chi connectivity index (χ3n) is 2.69. The molecular formula is C11H11BrN2O2S. The first-order valence-corrected chi connectivity index (χ1v) is 6.61. The fourth-order valence-corrected chi connectivity index (χ4v) is 3.45. The second kappa shape index (κ2) is 4.27. The van der Waals surface area contributed by atoms with E-state index in [0.29, 0.717) is 6.54 Å². The third kappa shape index (κ3) is 1.91. The summed E-state index contributed by atoms with van der Waals surface area (Å²) < 4.78 is 1.05. The van der Waals surface area contributed by atoms with Gasteiger partial charge in [0.25, 0.3) is 10.9 Å². The molecule has 3 N–H and O–H groups in total. The lowest BCUT2D eigenvalue weighted by atomic mass is 10.2. The standard InChI is InChI=1S/C11H11BrN2O2S/c1-4-6(7(12)5(2)17-4)3-14-9-8(13)10(15)11(9)16/h14H,3,13H2,1-2H3. The van der Waals surface area contributed by atoms with Crippen molar-refractivity contribution in [2.45, 2.75) is 20.4 Å². The molecule has 0 aliphatic rings. The SMILES string of the molecule is Cc1sc(C)c(CNc2c(N)c(=O)c2=O)c1Br. The monoisotopic (exact) mass is 314 g/mol. The quantitative estimate of drug-likeness (QED) is 0.849. The predicted octanol–water partition coefficient (Wildman–Crippen LogP) is 1.92. The van der Waals surface area contributed by atoms with E-state index in [2.05, 4.69) is 21.2 Å². The molecule has 1 heterocycles. The van der Waals surface area contributed by atoms with Crippen LogP contribution in [0, 0.1) is 13.8 Å². The van der Waals surface area contributed by atoms with Crippen LogP contribution in [-0.2, 0) is 6.54 Å². The Bertz CT molecular complexity index is 653. The van der Waals surface area contributed by atoms with E-state index in [1.807, 2.05) is 13.8 Å². The maximum Gasteiger partial charge on any atom is 0.253 e. The van der Waals surface area contributed by atoms with Crippen LogP contribution in [0.25, 0.3) is 0 Å². The molecule has 6 heteroatoms. The molecule has 0 aliphatic heterocycles. The Morgan fingerprint density at radius 2 is 1.88 bits per heavy atom. The van der Waals surface area contributed by atoms with Crippen molar-refractivity contribution in [2.75, 3.05) is 11.1 Å². The average Bonchev–Trinajstić information content (AvgIpc) is 2.54. The number of aryl methyl sites for hydroxylation is 2. The Hall–Kier alpha value is -1.14. The molecule has 1 aromatic carbocycles. The number of halogens is 1. The van der Waals surface area contributed by atoms with Gasteiger partial charge in [-0.15, -0.1) is 11.3 Å². The summed E-state index contributed by atoms with van der Waals surface area (Å²) in [5.41, 5.74) is 5.70. The second-order valence-electron chi connectivity index (χ2n) is 3.81. The number of rotatable bonds is 3. The van der Waals surface area contributed by atoms with Crippen LogP contribution in [0.1, 0.15) is 15.3 Å². The van der Waals surface area contributed by atoms with Crippen LogP contribution in [0.2, 0.25) is 0 Å². The molecule has 0 aliphatic carbocycles. The number of hydrogen-bond donors (Lipinski definition) is 2. The molecule has 0 amide bonds. The molecule has 0 fully saturated rings. The molecule has 0 bridgehead atoms. The summed E-state index contributed by atoms with van der Waals surface area (Å²) in [4.78, 5) is 24.5. The maximum atomic E-state index is 11.2. The number of hydrogen-bond acceptors (Lipinski definition) is 5. The zero-order valence-electron chi connectivity index (χ0n) is 9.39. The Labute approximate surface area is 110 Å². The summed E-state index contributed by atoms with van der Waals surface area (Å²) in [6.45, 7) is 4.54. The molecule has 0 spiro atoms. The van der Waals surface area contributed by atoms with Crippen molar-refractivity contribution in [3.8, 4) is 0 Å². The van der Waals surface area contributed by atoms with Gasteiger partial charge in [-0.25, -0.2) is 0 Å². The number of anilines is 2. The molecule has 17 heavy (non-hydrogen) atoms. The molecule has 0 saturated heterocycles. The van der Waals surface area contributed by atoms with Gasteiger partial charge in [0, 0.05) is 20.8 Å². The molecule has 90 valence electrons. The van der Waals surface area contributed by atoms with E-state index in [1.165, 1.54) is 9.75 Å². The summed E-state index contributed by atoms with van der Waals surface area (Å²) in [7, 11) is 0. The highest BCUT2D eigenvalue weighted by Gasteiger charge is 2.18. The summed E-state index contributed by atoms with van der Waals surface area (Å²) in [6, 6.07) is 0. The highest BCUT2D eigenvalue weighted by atomic mass is 79.9. The molecule has 2 rings (SSSR count). The second-order valence-corrected chi connectivity index (χ2v) is 6.03. The summed E-state index contributed by atoms with van der Waals surface area (Å²) in [5, 5.41) is 2.92. The molecule has 0 unspecified atom stereocenters. The van der Waals surface area contributed by atoms with Crippen molar-refractivity contribution >= 4 is 38.6 Å². The van der Waals surface area contributed by atoms with E-state index in [1.54, 1.807) is 11.3 Å². The first kappa shape index (κ1) is 12.3. The first-order chi connectivity index (χ1) is 7.93. The van der Waals surface area contributed by atoms with Gasteiger partial charge in [0.05, 0.1) is 0 Å². The van der Waals surface area contributed by atoms with Crippen molar-refractivity contribution in [2.24, 2.45) is 0 Å². The van der Waals surface area contributed by atoms with Crippen LogP contribution in [-0.4, -0.2) is 0 Å². The zero-order valence-corrected chi connectivity index (χ0v) is 11.8. The summed E-state index contributed by atoms with van der Waals surface area (Å²) >= 11 is 5.19. The molecule has 0 radical (unpaired) electrons. The van der Waals surface area contributed by atoms with Gasteiger partial charge in [0.15, 0.2) is 0 Å². The minimum Gasteiger partial charge on any atom is -0.394 e. The Kier molecular flexibility index (Phi) is 3.09. The number of nitrogens with two attached hydrogens (primary N) is 1. The molecule has 1 aromatic heterocycles. The van der Waals surface area contributed by atoms with E-state index >= 15 is 0 Å². The van der Waals surface area contributed by atoms with Gasteiger partial charge in [-0.2, -0.15) is 0 Å². The smallest absolute Gasteiger partial charge is 0.253 e. The van der Waals surface area contributed by atoms with Gasteiger partial charge >= 0.3 is 0 Å². The van der Waals surface area contributed by atoms with E-state index in [4.69, 9.17) is 5.73 Å². The van der Waals surface area contributed by atoms with Gasteiger partial charge in [-0.3, -0.25) is 9.59 Å². The highest BCUT2D eigenvalue weighted by Crippen LogP contribution is 2.32. The van der Waals surface area contributed by atoms with Crippen molar-refractivity contribution in [3.63, 3.8) is 0 Å². The fraction of sp³-hybridized carbons (Fsp3) is 0.273. The minimum absolute atomic E-state index is 0.0377. The number of nitrogens with one attached hydrogen (secondary N) is 1. The van der Waals surface area contributed by atoms with Crippen molar-refractivity contribution < 1.29 is 0 Å². The Morgan fingerprint density at radius 1 is 1.24 bits per heavy atom. The lowest BCUT2D eigenvalue weighted by molar-refractivity contribution is 1.11. The molecule has 2 aromatic rings. The van der Waals surface area contributed by atoms with Crippen LogP contribution < -0.4 is 21.9 Å². The zero-order chi connectivity index (χ0) is 12.7. The Morgan fingerprint density at radius 3 is 2.35 bits per heavy atom. The van der Waals surface area contributed by atoms with Crippen LogP contribution in [0.15, 0.2) is 14.1 Å². The van der Waals surface area contributed by atoms with Crippen molar-refractivity contribution in [1.82, 2.24) is 0 Å². The largest absolute Gasteiger partial charge is 0.394 e. The molecular weight excluding hydrogens is 304 g/mol. The van der Waals surface area contributed by atoms with E-state index in [-0.39, 0.29) is 11.4 Å².